The first-order valence-corrected chi connectivity index (χ1v) is 6.58. The summed E-state index contributed by atoms with van der Waals surface area (Å²) in [7, 11) is 0. The quantitative estimate of drug-likeness (QED) is 0.678. The number of nitro benzene ring substituents is 1. The Hall–Kier alpha value is -1.53. The van der Waals surface area contributed by atoms with Gasteiger partial charge in [-0.3, -0.25) is 10.1 Å². The number of rotatable bonds is 3. The monoisotopic (exact) mass is 325 g/mol. The first-order chi connectivity index (χ1) is 8.56. The van der Waals surface area contributed by atoms with Crippen molar-refractivity contribution in [3.63, 3.8) is 0 Å². The molecule has 0 aliphatic heterocycles. The van der Waals surface area contributed by atoms with Gasteiger partial charge in [0.15, 0.2) is 0 Å². The van der Waals surface area contributed by atoms with E-state index in [1.807, 2.05) is 24.3 Å². The van der Waals surface area contributed by atoms with Gasteiger partial charge in [0.25, 0.3) is 5.69 Å². The number of non-ortho nitro benzene ring substituents is 1. The van der Waals surface area contributed by atoms with Crippen molar-refractivity contribution >= 4 is 33.4 Å². The Morgan fingerprint density at radius 1 is 1.17 bits per heavy atom. The third-order valence-electron chi connectivity index (χ3n) is 2.19. The summed E-state index contributed by atoms with van der Waals surface area (Å²) in [6, 6.07) is 11.7. The van der Waals surface area contributed by atoms with E-state index in [0.717, 1.165) is 15.4 Å². The lowest BCUT2D eigenvalue weighted by Gasteiger charge is -2.04. The molecule has 2 rings (SSSR count). The van der Waals surface area contributed by atoms with Gasteiger partial charge in [-0.1, -0.05) is 27.7 Å². The standard InChI is InChI=1S/C12H8BrNO3S/c13-8-1-4-10(5-2-8)18-12-6-3-9(14(16)17)7-11(12)15/h1-7,15H. The van der Waals surface area contributed by atoms with E-state index in [4.69, 9.17) is 0 Å². The van der Waals surface area contributed by atoms with Gasteiger partial charge in [0.05, 0.1) is 15.9 Å². The molecule has 0 unspecified atom stereocenters. The number of phenols is 1. The summed E-state index contributed by atoms with van der Waals surface area (Å²) in [6.45, 7) is 0. The fourth-order valence-electron chi connectivity index (χ4n) is 1.34. The van der Waals surface area contributed by atoms with E-state index in [9.17, 15) is 15.2 Å². The number of hydrogen-bond acceptors (Lipinski definition) is 4. The van der Waals surface area contributed by atoms with Gasteiger partial charge in [-0.25, -0.2) is 0 Å². The molecule has 0 fully saturated rings. The molecule has 0 radical (unpaired) electrons. The molecule has 2 aromatic rings. The molecule has 92 valence electrons. The lowest BCUT2D eigenvalue weighted by molar-refractivity contribution is -0.385. The van der Waals surface area contributed by atoms with Crippen molar-refractivity contribution in [3.8, 4) is 5.75 Å². The maximum absolute atomic E-state index is 10.5. The van der Waals surface area contributed by atoms with Crippen LogP contribution in [-0.4, -0.2) is 10.0 Å². The van der Waals surface area contributed by atoms with Crippen LogP contribution in [0.1, 0.15) is 0 Å². The molecule has 2 aromatic carbocycles. The molecular formula is C12H8BrNO3S. The van der Waals surface area contributed by atoms with Crippen LogP contribution in [0.4, 0.5) is 5.69 Å². The zero-order chi connectivity index (χ0) is 13.1. The number of halogens is 1. The minimum atomic E-state index is -0.534. The van der Waals surface area contributed by atoms with E-state index >= 15 is 0 Å². The van der Waals surface area contributed by atoms with E-state index in [2.05, 4.69) is 15.9 Å². The second-order valence-electron chi connectivity index (χ2n) is 3.47. The lowest BCUT2D eigenvalue weighted by Crippen LogP contribution is -1.87. The van der Waals surface area contributed by atoms with Crippen LogP contribution in [0.15, 0.2) is 56.7 Å². The normalized spacial score (nSPS) is 10.3. The Labute approximate surface area is 116 Å². The fourth-order valence-corrected chi connectivity index (χ4v) is 2.43. The molecule has 0 atom stereocenters. The molecule has 4 nitrogen and oxygen atoms in total. The van der Waals surface area contributed by atoms with Crippen molar-refractivity contribution in [2.24, 2.45) is 0 Å². The van der Waals surface area contributed by atoms with Crippen LogP contribution < -0.4 is 0 Å². The maximum atomic E-state index is 10.5. The Morgan fingerprint density at radius 3 is 2.39 bits per heavy atom. The van der Waals surface area contributed by atoms with Crippen molar-refractivity contribution in [3.05, 3.63) is 57.1 Å². The van der Waals surface area contributed by atoms with Crippen molar-refractivity contribution in [1.82, 2.24) is 0 Å². The summed E-state index contributed by atoms with van der Waals surface area (Å²) < 4.78 is 0.972. The lowest BCUT2D eigenvalue weighted by atomic mass is 10.3. The molecule has 0 saturated carbocycles. The van der Waals surface area contributed by atoms with Crippen LogP contribution >= 0.6 is 27.7 Å². The average Bonchev–Trinajstić information content (AvgIpc) is 2.34. The van der Waals surface area contributed by atoms with Crippen LogP contribution in [0.25, 0.3) is 0 Å². The number of phenolic OH excluding ortho intramolecular Hbond substituents is 1. The van der Waals surface area contributed by atoms with Gasteiger partial charge in [0, 0.05) is 15.4 Å². The average molecular weight is 326 g/mol. The molecule has 0 amide bonds. The Balaban J connectivity index is 2.24. The smallest absolute Gasteiger partial charge is 0.273 e. The second kappa shape index (κ2) is 5.41. The zero-order valence-electron chi connectivity index (χ0n) is 9.04. The number of benzene rings is 2. The molecule has 6 heteroatoms. The molecule has 0 heterocycles. The van der Waals surface area contributed by atoms with Crippen molar-refractivity contribution in [2.45, 2.75) is 9.79 Å². The predicted molar refractivity (Wildman–Crippen MR) is 73.0 cm³/mol. The number of nitrogens with zero attached hydrogens (tertiary/aromatic N) is 1. The number of hydrogen-bond donors (Lipinski definition) is 1. The highest BCUT2D eigenvalue weighted by molar-refractivity contribution is 9.10. The van der Waals surface area contributed by atoms with Crippen LogP contribution in [0.5, 0.6) is 5.75 Å². The van der Waals surface area contributed by atoms with Gasteiger partial charge in [-0.2, -0.15) is 0 Å². The summed E-state index contributed by atoms with van der Waals surface area (Å²) in [5.41, 5.74) is -0.118. The van der Waals surface area contributed by atoms with E-state index in [-0.39, 0.29) is 11.4 Å². The summed E-state index contributed by atoms with van der Waals surface area (Å²) in [5, 5.41) is 20.3. The Bertz CT molecular complexity index is 586. The summed E-state index contributed by atoms with van der Waals surface area (Å²) in [6.07, 6.45) is 0. The van der Waals surface area contributed by atoms with Gasteiger partial charge in [-0.15, -0.1) is 0 Å². The highest BCUT2D eigenvalue weighted by atomic mass is 79.9. The third kappa shape index (κ3) is 3.02. The number of nitro groups is 1. The fraction of sp³-hybridized carbons (Fsp3) is 0. The minimum absolute atomic E-state index is 0.0860. The molecule has 0 bridgehead atoms. The van der Waals surface area contributed by atoms with E-state index < -0.39 is 4.92 Å². The molecule has 1 N–H and O–H groups in total. The summed E-state index contributed by atoms with van der Waals surface area (Å²) in [4.78, 5) is 11.5. The van der Waals surface area contributed by atoms with Crippen LogP contribution in [0.2, 0.25) is 0 Å². The molecule has 0 spiro atoms. The molecule has 0 aliphatic rings. The summed E-state index contributed by atoms with van der Waals surface area (Å²) >= 11 is 4.69. The summed E-state index contributed by atoms with van der Waals surface area (Å²) in [5.74, 6) is -0.0860. The van der Waals surface area contributed by atoms with Crippen molar-refractivity contribution in [1.29, 1.82) is 0 Å². The Kier molecular flexibility index (Phi) is 3.88. The largest absolute Gasteiger partial charge is 0.507 e. The van der Waals surface area contributed by atoms with Crippen LogP contribution in [0, 0.1) is 10.1 Å². The van der Waals surface area contributed by atoms with Gasteiger partial charge in [-0.05, 0) is 30.3 Å². The van der Waals surface area contributed by atoms with Gasteiger partial charge in [0.1, 0.15) is 5.75 Å². The highest BCUT2D eigenvalue weighted by Crippen LogP contribution is 2.36. The maximum Gasteiger partial charge on any atom is 0.273 e. The first kappa shape index (κ1) is 12.9. The third-order valence-corrected chi connectivity index (χ3v) is 3.80. The SMILES string of the molecule is O=[N+]([O-])c1ccc(Sc2ccc(Br)cc2)c(O)c1. The first-order valence-electron chi connectivity index (χ1n) is 4.97. The second-order valence-corrected chi connectivity index (χ2v) is 5.50. The molecule has 0 saturated heterocycles. The highest BCUT2D eigenvalue weighted by Gasteiger charge is 2.10. The minimum Gasteiger partial charge on any atom is -0.507 e. The molecule has 0 aliphatic carbocycles. The predicted octanol–water partition coefficient (Wildman–Crippen LogP) is 4.21. The molecule has 18 heavy (non-hydrogen) atoms. The van der Waals surface area contributed by atoms with Gasteiger partial charge >= 0.3 is 0 Å². The van der Waals surface area contributed by atoms with Crippen LogP contribution in [-0.2, 0) is 0 Å². The van der Waals surface area contributed by atoms with Gasteiger partial charge < -0.3 is 5.11 Å². The van der Waals surface area contributed by atoms with Crippen molar-refractivity contribution in [2.75, 3.05) is 0 Å². The molecule has 0 aromatic heterocycles. The van der Waals surface area contributed by atoms with E-state index in [1.54, 1.807) is 6.07 Å². The van der Waals surface area contributed by atoms with E-state index in [0.29, 0.717) is 4.90 Å². The Morgan fingerprint density at radius 2 is 1.83 bits per heavy atom. The van der Waals surface area contributed by atoms with Gasteiger partial charge in [0.2, 0.25) is 0 Å². The van der Waals surface area contributed by atoms with Crippen molar-refractivity contribution < 1.29 is 10.0 Å². The van der Waals surface area contributed by atoms with Crippen LogP contribution in [0.3, 0.4) is 0 Å². The molecular weight excluding hydrogens is 318 g/mol. The number of aromatic hydroxyl groups is 1. The zero-order valence-corrected chi connectivity index (χ0v) is 11.4. The van der Waals surface area contributed by atoms with E-state index in [1.165, 1.54) is 17.8 Å². The topological polar surface area (TPSA) is 63.4 Å².